The molecule has 0 bridgehead atoms. The Labute approximate surface area is 194 Å². The Balaban J connectivity index is 1.69. The summed E-state index contributed by atoms with van der Waals surface area (Å²) in [7, 11) is -3.26. The molecule has 1 aliphatic heterocycles. The molecule has 1 saturated heterocycles. The second kappa shape index (κ2) is 9.13. The summed E-state index contributed by atoms with van der Waals surface area (Å²) in [5.74, 6) is 0.699. The van der Waals surface area contributed by atoms with Crippen LogP contribution in [0.3, 0.4) is 0 Å². The zero-order chi connectivity index (χ0) is 22.9. The molecule has 0 N–H and O–H groups in total. The van der Waals surface area contributed by atoms with Gasteiger partial charge in [0.1, 0.15) is 11.5 Å². The van der Waals surface area contributed by atoms with Crippen molar-refractivity contribution in [1.82, 2.24) is 19.3 Å². The molecule has 168 valence electrons. The number of benzene rings is 1. The van der Waals surface area contributed by atoms with Crippen LogP contribution in [0.5, 0.6) is 0 Å². The highest BCUT2D eigenvalue weighted by atomic mass is 35.5. The normalized spacial score (nSPS) is 15.3. The molecule has 1 fully saturated rings. The van der Waals surface area contributed by atoms with Crippen LogP contribution < -0.4 is 4.90 Å². The number of halogens is 1. The number of rotatable bonds is 5. The summed E-state index contributed by atoms with van der Waals surface area (Å²) in [5.41, 5.74) is 4.29. The molecule has 1 aliphatic rings. The first-order chi connectivity index (χ1) is 15.3. The van der Waals surface area contributed by atoms with Crippen LogP contribution in [0.15, 0.2) is 48.9 Å². The van der Waals surface area contributed by atoms with E-state index in [2.05, 4.69) is 9.88 Å². The predicted molar refractivity (Wildman–Crippen MR) is 128 cm³/mol. The third-order valence-electron chi connectivity index (χ3n) is 5.63. The van der Waals surface area contributed by atoms with Crippen LogP contribution in [0.25, 0.3) is 22.5 Å². The fourth-order valence-electron chi connectivity index (χ4n) is 3.68. The van der Waals surface area contributed by atoms with E-state index < -0.39 is 15.3 Å². The Morgan fingerprint density at radius 3 is 2.28 bits per heavy atom. The van der Waals surface area contributed by atoms with Crippen molar-refractivity contribution in [1.29, 1.82) is 0 Å². The minimum absolute atomic E-state index is 0.424. The lowest BCUT2D eigenvalue weighted by molar-refractivity contribution is 0.380. The van der Waals surface area contributed by atoms with Gasteiger partial charge in [0.05, 0.1) is 22.2 Å². The van der Waals surface area contributed by atoms with Gasteiger partial charge in [0.25, 0.3) is 0 Å². The number of anilines is 1. The number of hydrogen-bond donors (Lipinski definition) is 0. The van der Waals surface area contributed by atoms with Crippen LogP contribution in [0.1, 0.15) is 19.4 Å². The van der Waals surface area contributed by atoms with Crippen LogP contribution in [-0.4, -0.2) is 59.1 Å². The zero-order valence-corrected chi connectivity index (χ0v) is 19.9. The first-order valence-electron chi connectivity index (χ1n) is 10.5. The topological polar surface area (TPSA) is 79.3 Å². The molecule has 3 heterocycles. The van der Waals surface area contributed by atoms with E-state index in [4.69, 9.17) is 21.6 Å². The number of nitrogens with zero attached hydrogens (tertiary/aromatic N) is 5. The van der Waals surface area contributed by atoms with Crippen LogP contribution >= 0.6 is 11.6 Å². The van der Waals surface area contributed by atoms with Crippen molar-refractivity contribution in [3.63, 3.8) is 0 Å². The lowest BCUT2D eigenvalue weighted by Crippen LogP contribution is -2.50. The molecular formula is C23H26ClN5O2S. The lowest BCUT2D eigenvalue weighted by atomic mass is 10.0. The van der Waals surface area contributed by atoms with Gasteiger partial charge in [0.2, 0.25) is 10.0 Å². The number of pyridine rings is 1. The molecule has 0 unspecified atom stereocenters. The van der Waals surface area contributed by atoms with Crippen molar-refractivity contribution in [2.24, 2.45) is 0 Å². The summed E-state index contributed by atoms with van der Waals surface area (Å²) < 4.78 is 26.5. The van der Waals surface area contributed by atoms with Crippen molar-refractivity contribution in [2.75, 3.05) is 31.1 Å². The fraction of sp³-hybridized carbons (Fsp3) is 0.348. The summed E-state index contributed by atoms with van der Waals surface area (Å²) in [4.78, 5) is 15.8. The van der Waals surface area contributed by atoms with E-state index >= 15 is 0 Å². The summed E-state index contributed by atoms with van der Waals surface area (Å²) in [6, 6.07) is 9.95. The van der Waals surface area contributed by atoms with E-state index in [0.29, 0.717) is 42.7 Å². The molecule has 2 aromatic heterocycles. The highest BCUT2D eigenvalue weighted by Gasteiger charge is 2.30. The van der Waals surface area contributed by atoms with Crippen LogP contribution in [0.2, 0.25) is 5.02 Å². The number of sulfonamides is 1. The standard InChI is InChI=1S/C23H26ClN5O2S/c1-16(2)32(30,31)29-12-10-28(11-13-29)21-15-26-22(18-6-4-17(3)5-7-18)23(27-21)19-8-9-25-14-20(19)24/h4-9,14-16H,10-13H2,1-3H3. The maximum absolute atomic E-state index is 12.5. The second-order valence-electron chi connectivity index (χ2n) is 8.13. The van der Waals surface area contributed by atoms with Crippen LogP contribution in [0, 0.1) is 6.92 Å². The van der Waals surface area contributed by atoms with Crippen molar-refractivity contribution in [3.8, 4) is 22.5 Å². The smallest absolute Gasteiger partial charge is 0.216 e. The molecule has 7 nitrogen and oxygen atoms in total. The highest BCUT2D eigenvalue weighted by molar-refractivity contribution is 7.89. The minimum Gasteiger partial charge on any atom is -0.353 e. The molecule has 4 rings (SSSR count). The van der Waals surface area contributed by atoms with E-state index in [1.165, 1.54) is 0 Å². The Bertz CT molecular complexity index is 1210. The molecular weight excluding hydrogens is 446 g/mol. The summed E-state index contributed by atoms with van der Waals surface area (Å²) >= 11 is 6.46. The number of aromatic nitrogens is 3. The largest absolute Gasteiger partial charge is 0.353 e. The minimum atomic E-state index is -3.26. The molecule has 3 aromatic rings. The van der Waals surface area contributed by atoms with Gasteiger partial charge in [-0.1, -0.05) is 41.4 Å². The zero-order valence-electron chi connectivity index (χ0n) is 18.4. The van der Waals surface area contributed by atoms with Gasteiger partial charge in [-0.3, -0.25) is 9.97 Å². The average Bonchev–Trinajstić information content (AvgIpc) is 2.80. The van der Waals surface area contributed by atoms with Gasteiger partial charge in [0, 0.05) is 49.7 Å². The Morgan fingerprint density at radius 2 is 1.66 bits per heavy atom. The van der Waals surface area contributed by atoms with E-state index in [0.717, 1.165) is 22.4 Å². The molecule has 0 radical (unpaired) electrons. The van der Waals surface area contributed by atoms with E-state index in [9.17, 15) is 8.42 Å². The lowest BCUT2D eigenvalue weighted by Gasteiger charge is -2.35. The molecule has 1 aromatic carbocycles. The maximum atomic E-state index is 12.5. The first-order valence-corrected chi connectivity index (χ1v) is 12.4. The molecule has 0 atom stereocenters. The SMILES string of the molecule is Cc1ccc(-c2ncc(N3CCN(S(=O)(=O)C(C)C)CC3)nc2-c2ccncc2Cl)cc1. The second-order valence-corrected chi connectivity index (χ2v) is 11.0. The molecule has 0 saturated carbocycles. The first kappa shape index (κ1) is 22.6. The fourth-order valence-corrected chi connectivity index (χ4v) is 5.16. The summed E-state index contributed by atoms with van der Waals surface area (Å²) in [6.45, 7) is 7.41. The summed E-state index contributed by atoms with van der Waals surface area (Å²) in [6.07, 6.45) is 5.03. The monoisotopic (exact) mass is 471 g/mol. The molecule has 0 spiro atoms. The van der Waals surface area contributed by atoms with Crippen LogP contribution in [-0.2, 0) is 10.0 Å². The number of aryl methyl sites for hydroxylation is 1. The summed E-state index contributed by atoms with van der Waals surface area (Å²) in [5, 5.41) is 0.0724. The quantitative estimate of drug-likeness (QED) is 0.559. The van der Waals surface area contributed by atoms with Crippen molar-refractivity contribution in [3.05, 3.63) is 59.5 Å². The Kier molecular flexibility index (Phi) is 6.46. The maximum Gasteiger partial charge on any atom is 0.216 e. The van der Waals surface area contributed by atoms with Crippen molar-refractivity contribution >= 4 is 27.4 Å². The van der Waals surface area contributed by atoms with Gasteiger partial charge in [-0.2, -0.15) is 4.31 Å². The molecule has 32 heavy (non-hydrogen) atoms. The third-order valence-corrected chi connectivity index (χ3v) is 8.21. The Hall–Kier alpha value is -2.55. The molecule has 0 aliphatic carbocycles. The number of hydrogen-bond acceptors (Lipinski definition) is 6. The van der Waals surface area contributed by atoms with Gasteiger partial charge in [0.15, 0.2) is 0 Å². The molecule has 0 amide bonds. The van der Waals surface area contributed by atoms with Gasteiger partial charge in [-0.05, 0) is 26.8 Å². The van der Waals surface area contributed by atoms with Crippen molar-refractivity contribution < 1.29 is 8.42 Å². The molecule has 9 heteroatoms. The van der Waals surface area contributed by atoms with E-state index in [-0.39, 0.29) is 0 Å². The third kappa shape index (κ3) is 4.48. The van der Waals surface area contributed by atoms with Gasteiger partial charge in [-0.25, -0.2) is 13.4 Å². The highest BCUT2D eigenvalue weighted by Crippen LogP contribution is 2.34. The van der Waals surface area contributed by atoms with Gasteiger partial charge < -0.3 is 4.90 Å². The van der Waals surface area contributed by atoms with Crippen LogP contribution in [0.4, 0.5) is 5.82 Å². The van der Waals surface area contributed by atoms with Crippen molar-refractivity contribution in [2.45, 2.75) is 26.0 Å². The van der Waals surface area contributed by atoms with Gasteiger partial charge in [-0.15, -0.1) is 0 Å². The van der Waals surface area contributed by atoms with Gasteiger partial charge >= 0.3 is 0 Å². The number of piperazine rings is 1. The predicted octanol–water partition coefficient (Wildman–Crippen LogP) is 4.03. The van der Waals surface area contributed by atoms with E-state index in [1.807, 2.05) is 37.3 Å². The van der Waals surface area contributed by atoms with E-state index in [1.54, 1.807) is 36.7 Å². The Morgan fingerprint density at radius 1 is 0.969 bits per heavy atom. The average molecular weight is 472 g/mol.